The van der Waals surface area contributed by atoms with Gasteiger partial charge >= 0.3 is 0 Å². The highest BCUT2D eigenvalue weighted by molar-refractivity contribution is 4.87. The zero-order valence-electron chi connectivity index (χ0n) is 9.26. The van der Waals surface area contributed by atoms with Crippen molar-refractivity contribution in [2.24, 2.45) is 11.3 Å². The van der Waals surface area contributed by atoms with Gasteiger partial charge in [0.15, 0.2) is 0 Å². The lowest BCUT2D eigenvalue weighted by atomic mass is 9.76. The van der Waals surface area contributed by atoms with Crippen LogP contribution in [0.1, 0.15) is 45.4 Å². The Labute approximate surface area is 87.1 Å². The van der Waals surface area contributed by atoms with E-state index in [0.717, 1.165) is 19.5 Å². The predicted octanol–water partition coefficient (Wildman–Crippen LogP) is 1.93. The maximum atomic E-state index is 9.90. The molecule has 1 heterocycles. The Morgan fingerprint density at radius 2 is 2.07 bits per heavy atom. The van der Waals surface area contributed by atoms with E-state index in [9.17, 15) is 5.11 Å². The normalized spacial score (nSPS) is 37.3. The van der Waals surface area contributed by atoms with Gasteiger partial charge in [0.05, 0.1) is 6.10 Å². The van der Waals surface area contributed by atoms with Crippen LogP contribution in [0.2, 0.25) is 0 Å². The van der Waals surface area contributed by atoms with Crippen molar-refractivity contribution in [1.29, 1.82) is 0 Å². The van der Waals surface area contributed by atoms with Crippen molar-refractivity contribution in [1.82, 2.24) is 5.32 Å². The van der Waals surface area contributed by atoms with Crippen LogP contribution in [0.3, 0.4) is 0 Å². The first kappa shape index (κ1) is 10.4. The predicted molar refractivity (Wildman–Crippen MR) is 58.2 cm³/mol. The van der Waals surface area contributed by atoms with Crippen LogP contribution in [-0.4, -0.2) is 24.3 Å². The SMILES string of the molecule is CC1(CC2CNCCC2O)CCCC1. The van der Waals surface area contributed by atoms with Crippen molar-refractivity contribution in [3.05, 3.63) is 0 Å². The van der Waals surface area contributed by atoms with E-state index in [-0.39, 0.29) is 6.10 Å². The lowest BCUT2D eigenvalue weighted by Crippen LogP contribution is -2.41. The smallest absolute Gasteiger partial charge is 0.0592 e. The van der Waals surface area contributed by atoms with E-state index in [1.807, 2.05) is 0 Å². The third-order valence-electron chi connectivity index (χ3n) is 4.13. The molecule has 82 valence electrons. The molecule has 2 unspecified atom stereocenters. The number of aliphatic hydroxyl groups is 1. The highest BCUT2D eigenvalue weighted by Crippen LogP contribution is 2.43. The van der Waals surface area contributed by atoms with Gasteiger partial charge in [0.2, 0.25) is 0 Å². The van der Waals surface area contributed by atoms with Gasteiger partial charge in [-0.15, -0.1) is 0 Å². The van der Waals surface area contributed by atoms with Gasteiger partial charge < -0.3 is 10.4 Å². The summed E-state index contributed by atoms with van der Waals surface area (Å²) in [5.41, 5.74) is 0.532. The minimum Gasteiger partial charge on any atom is -0.393 e. The largest absolute Gasteiger partial charge is 0.393 e. The van der Waals surface area contributed by atoms with Crippen LogP contribution < -0.4 is 5.32 Å². The fourth-order valence-corrected chi connectivity index (χ4v) is 3.18. The molecule has 0 spiro atoms. The van der Waals surface area contributed by atoms with Crippen LogP contribution in [-0.2, 0) is 0 Å². The maximum Gasteiger partial charge on any atom is 0.0592 e. The van der Waals surface area contributed by atoms with E-state index in [2.05, 4.69) is 12.2 Å². The maximum absolute atomic E-state index is 9.90. The fourth-order valence-electron chi connectivity index (χ4n) is 3.18. The first-order valence-corrected chi connectivity index (χ1v) is 6.08. The molecule has 0 aromatic heterocycles. The summed E-state index contributed by atoms with van der Waals surface area (Å²) in [4.78, 5) is 0. The second-order valence-electron chi connectivity index (χ2n) is 5.54. The summed E-state index contributed by atoms with van der Waals surface area (Å²) in [6.45, 7) is 4.42. The van der Waals surface area contributed by atoms with E-state index >= 15 is 0 Å². The standard InChI is InChI=1S/C12H23NO/c1-12(5-2-3-6-12)8-10-9-13-7-4-11(10)14/h10-11,13-14H,2-9H2,1H3. The van der Waals surface area contributed by atoms with E-state index in [4.69, 9.17) is 0 Å². The van der Waals surface area contributed by atoms with Crippen molar-refractivity contribution >= 4 is 0 Å². The molecule has 2 rings (SSSR count). The average molecular weight is 197 g/mol. The van der Waals surface area contributed by atoms with Crippen LogP contribution in [0.25, 0.3) is 0 Å². The van der Waals surface area contributed by atoms with Crippen molar-refractivity contribution in [3.63, 3.8) is 0 Å². The van der Waals surface area contributed by atoms with Crippen LogP contribution in [0.15, 0.2) is 0 Å². The molecule has 2 atom stereocenters. The molecule has 2 N–H and O–H groups in total. The molecule has 0 amide bonds. The molecule has 2 aliphatic rings. The van der Waals surface area contributed by atoms with Crippen molar-refractivity contribution in [3.8, 4) is 0 Å². The van der Waals surface area contributed by atoms with Crippen LogP contribution in [0.4, 0.5) is 0 Å². The van der Waals surface area contributed by atoms with Gasteiger partial charge in [0.25, 0.3) is 0 Å². The minimum absolute atomic E-state index is 0.0475. The summed E-state index contributed by atoms with van der Waals surface area (Å²) in [6, 6.07) is 0. The first-order valence-electron chi connectivity index (χ1n) is 6.08. The Balaban J connectivity index is 1.88. The molecule has 2 fully saturated rings. The summed E-state index contributed by atoms with van der Waals surface area (Å²) in [5.74, 6) is 0.506. The number of rotatable bonds is 2. The molecular weight excluding hydrogens is 174 g/mol. The van der Waals surface area contributed by atoms with Gasteiger partial charge in [-0.3, -0.25) is 0 Å². The van der Waals surface area contributed by atoms with Gasteiger partial charge in [-0.1, -0.05) is 19.8 Å². The van der Waals surface area contributed by atoms with Gasteiger partial charge in [-0.05, 0) is 43.6 Å². The molecule has 1 aliphatic carbocycles. The molecule has 0 bridgehead atoms. The summed E-state index contributed by atoms with van der Waals surface area (Å²) in [5, 5.41) is 13.3. The summed E-state index contributed by atoms with van der Waals surface area (Å²) < 4.78 is 0. The molecule has 0 aromatic carbocycles. The number of hydrogen-bond acceptors (Lipinski definition) is 2. The van der Waals surface area contributed by atoms with Gasteiger partial charge in [0, 0.05) is 6.54 Å². The molecule has 1 saturated heterocycles. The summed E-state index contributed by atoms with van der Waals surface area (Å²) >= 11 is 0. The van der Waals surface area contributed by atoms with E-state index in [0.29, 0.717) is 11.3 Å². The van der Waals surface area contributed by atoms with E-state index in [1.165, 1.54) is 32.1 Å². The number of nitrogens with one attached hydrogen (secondary N) is 1. The zero-order valence-corrected chi connectivity index (χ0v) is 9.26. The highest BCUT2D eigenvalue weighted by Gasteiger charge is 2.34. The lowest BCUT2D eigenvalue weighted by Gasteiger charge is -2.35. The van der Waals surface area contributed by atoms with Gasteiger partial charge in [-0.2, -0.15) is 0 Å². The average Bonchev–Trinajstić information content (AvgIpc) is 2.57. The molecule has 0 radical (unpaired) electrons. The molecule has 2 nitrogen and oxygen atoms in total. The number of aliphatic hydroxyl groups excluding tert-OH is 1. The molecule has 14 heavy (non-hydrogen) atoms. The van der Waals surface area contributed by atoms with Crippen LogP contribution in [0, 0.1) is 11.3 Å². The Hall–Kier alpha value is -0.0800. The summed E-state index contributed by atoms with van der Waals surface area (Å²) in [7, 11) is 0. The molecule has 1 saturated carbocycles. The van der Waals surface area contributed by atoms with Crippen molar-refractivity contribution in [2.75, 3.05) is 13.1 Å². The molecule has 1 aliphatic heterocycles. The van der Waals surface area contributed by atoms with Gasteiger partial charge in [-0.25, -0.2) is 0 Å². The lowest BCUT2D eigenvalue weighted by molar-refractivity contribution is 0.0506. The number of hydrogen-bond donors (Lipinski definition) is 2. The Morgan fingerprint density at radius 1 is 1.36 bits per heavy atom. The quantitative estimate of drug-likeness (QED) is 0.709. The molecular formula is C12H23NO. The van der Waals surface area contributed by atoms with E-state index < -0.39 is 0 Å². The fraction of sp³-hybridized carbons (Fsp3) is 1.00. The van der Waals surface area contributed by atoms with Crippen LogP contribution in [0.5, 0.6) is 0 Å². The van der Waals surface area contributed by atoms with Gasteiger partial charge in [0.1, 0.15) is 0 Å². The zero-order chi connectivity index (χ0) is 10.0. The topological polar surface area (TPSA) is 32.3 Å². The summed E-state index contributed by atoms with van der Waals surface area (Å²) in [6.07, 6.45) is 7.65. The number of piperidine rings is 1. The monoisotopic (exact) mass is 197 g/mol. The third-order valence-corrected chi connectivity index (χ3v) is 4.13. The Kier molecular flexibility index (Phi) is 3.13. The Morgan fingerprint density at radius 3 is 2.71 bits per heavy atom. The Bertz CT molecular complexity index is 187. The van der Waals surface area contributed by atoms with Crippen LogP contribution >= 0.6 is 0 Å². The second kappa shape index (κ2) is 4.19. The minimum atomic E-state index is -0.0475. The second-order valence-corrected chi connectivity index (χ2v) is 5.54. The van der Waals surface area contributed by atoms with E-state index in [1.54, 1.807) is 0 Å². The third kappa shape index (κ3) is 2.29. The molecule has 0 aromatic rings. The first-order chi connectivity index (χ1) is 6.70. The van der Waals surface area contributed by atoms with Crippen molar-refractivity contribution < 1.29 is 5.11 Å². The highest BCUT2D eigenvalue weighted by atomic mass is 16.3. The van der Waals surface area contributed by atoms with Crippen molar-refractivity contribution in [2.45, 2.75) is 51.6 Å². The molecule has 2 heteroatoms.